The van der Waals surface area contributed by atoms with Crippen LogP contribution in [0.5, 0.6) is 0 Å². The average molecular weight is 216 g/mol. The van der Waals surface area contributed by atoms with Gasteiger partial charge in [-0.1, -0.05) is 27.7 Å². The van der Waals surface area contributed by atoms with Crippen molar-refractivity contribution in [3.63, 3.8) is 0 Å². The predicted molar refractivity (Wildman–Crippen MR) is 65.5 cm³/mol. The highest BCUT2D eigenvalue weighted by Crippen LogP contribution is 2.27. The van der Waals surface area contributed by atoms with E-state index >= 15 is 0 Å². The molecule has 1 unspecified atom stereocenters. The normalized spacial score (nSPS) is 14.6. The van der Waals surface area contributed by atoms with E-state index in [1.54, 1.807) is 7.11 Å². The van der Waals surface area contributed by atoms with Gasteiger partial charge in [-0.3, -0.25) is 11.3 Å². The first-order valence-electron chi connectivity index (χ1n) is 6.07. The zero-order valence-corrected chi connectivity index (χ0v) is 11.0. The van der Waals surface area contributed by atoms with Crippen molar-refractivity contribution in [3.8, 4) is 0 Å². The van der Waals surface area contributed by atoms with Gasteiger partial charge < -0.3 is 4.74 Å². The number of hydrazine groups is 1. The van der Waals surface area contributed by atoms with Crippen molar-refractivity contribution >= 4 is 0 Å². The van der Waals surface area contributed by atoms with Crippen LogP contribution in [0.2, 0.25) is 0 Å². The second kappa shape index (κ2) is 7.20. The fraction of sp³-hybridized carbons (Fsp3) is 1.00. The molecule has 1 atom stereocenters. The van der Waals surface area contributed by atoms with Crippen LogP contribution in [0.4, 0.5) is 0 Å². The Morgan fingerprint density at radius 3 is 2.00 bits per heavy atom. The summed E-state index contributed by atoms with van der Waals surface area (Å²) in [5, 5.41) is 0. The van der Waals surface area contributed by atoms with Crippen LogP contribution < -0.4 is 11.3 Å². The molecule has 0 aromatic rings. The molecule has 0 spiro atoms. The van der Waals surface area contributed by atoms with Crippen molar-refractivity contribution in [3.05, 3.63) is 0 Å². The number of nitrogens with one attached hydrogen (secondary N) is 1. The molecule has 3 nitrogen and oxygen atoms in total. The fourth-order valence-electron chi connectivity index (χ4n) is 2.17. The molecule has 15 heavy (non-hydrogen) atoms. The molecule has 0 rings (SSSR count). The lowest BCUT2D eigenvalue weighted by Crippen LogP contribution is -2.54. The number of hydrogen-bond donors (Lipinski definition) is 2. The van der Waals surface area contributed by atoms with Crippen LogP contribution in [0.25, 0.3) is 0 Å². The second-order valence-electron chi connectivity index (χ2n) is 4.67. The van der Waals surface area contributed by atoms with Gasteiger partial charge in [-0.25, -0.2) is 0 Å². The maximum Gasteiger partial charge on any atom is 0.0839 e. The van der Waals surface area contributed by atoms with Gasteiger partial charge in [0.1, 0.15) is 0 Å². The Hall–Kier alpha value is -0.120. The number of ether oxygens (including phenoxy) is 1. The highest BCUT2D eigenvalue weighted by molar-refractivity contribution is 4.90. The smallest absolute Gasteiger partial charge is 0.0839 e. The summed E-state index contributed by atoms with van der Waals surface area (Å²) in [7, 11) is 1.78. The standard InChI is InChI=1S/C12H28N2O/c1-6-12(7-2,15-5)11(14-13)9-8-10(3)4/h10-11,14H,6-9,13H2,1-5H3. The summed E-state index contributed by atoms with van der Waals surface area (Å²) < 4.78 is 5.68. The Kier molecular flexibility index (Phi) is 7.14. The first-order valence-corrected chi connectivity index (χ1v) is 6.07. The molecule has 0 aliphatic carbocycles. The summed E-state index contributed by atoms with van der Waals surface area (Å²) in [6.45, 7) is 8.79. The third kappa shape index (κ3) is 4.09. The highest BCUT2D eigenvalue weighted by Gasteiger charge is 2.34. The van der Waals surface area contributed by atoms with E-state index < -0.39 is 0 Å². The highest BCUT2D eigenvalue weighted by atomic mass is 16.5. The van der Waals surface area contributed by atoms with Crippen molar-refractivity contribution in [2.45, 2.75) is 65.0 Å². The molecule has 0 aliphatic heterocycles. The number of methoxy groups -OCH3 is 1. The second-order valence-corrected chi connectivity index (χ2v) is 4.67. The zero-order chi connectivity index (χ0) is 11.9. The van der Waals surface area contributed by atoms with Gasteiger partial charge in [0, 0.05) is 7.11 Å². The third-order valence-corrected chi connectivity index (χ3v) is 3.47. The molecule has 0 aromatic carbocycles. The summed E-state index contributed by atoms with van der Waals surface area (Å²) in [5.74, 6) is 6.35. The van der Waals surface area contributed by atoms with E-state index in [1.165, 1.54) is 6.42 Å². The van der Waals surface area contributed by atoms with Gasteiger partial charge in [-0.15, -0.1) is 0 Å². The number of rotatable bonds is 8. The van der Waals surface area contributed by atoms with E-state index in [0.717, 1.165) is 19.3 Å². The molecule has 0 heterocycles. The van der Waals surface area contributed by atoms with E-state index in [1.807, 2.05) is 0 Å². The van der Waals surface area contributed by atoms with E-state index in [2.05, 4.69) is 33.1 Å². The van der Waals surface area contributed by atoms with Crippen molar-refractivity contribution in [1.82, 2.24) is 5.43 Å². The maximum absolute atomic E-state index is 5.68. The Balaban J connectivity index is 4.44. The number of hydrogen-bond acceptors (Lipinski definition) is 3. The predicted octanol–water partition coefficient (Wildman–Crippen LogP) is 2.46. The van der Waals surface area contributed by atoms with E-state index in [9.17, 15) is 0 Å². The molecule has 0 aliphatic rings. The molecule has 3 N–H and O–H groups in total. The van der Waals surface area contributed by atoms with Gasteiger partial charge >= 0.3 is 0 Å². The van der Waals surface area contributed by atoms with Crippen LogP contribution in [-0.4, -0.2) is 18.8 Å². The average Bonchev–Trinajstić information content (AvgIpc) is 2.24. The summed E-state index contributed by atoms with van der Waals surface area (Å²) >= 11 is 0. The zero-order valence-electron chi connectivity index (χ0n) is 11.0. The summed E-state index contributed by atoms with van der Waals surface area (Å²) in [6, 6.07) is 0.250. The van der Waals surface area contributed by atoms with E-state index in [-0.39, 0.29) is 11.6 Å². The van der Waals surface area contributed by atoms with Gasteiger partial charge in [-0.05, 0) is 31.6 Å². The molecular weight excluding hydrogens is 188 g/mol. The van der Waals surface area contributed by atoms with Gasteiger partial charge in [0.05, 0.1) is 11.6 Å². The maximum atomic E-state index is 5.68. The first-order chi connectivity index (χ1) is 7.06. The van der Waals surface area contributed by atoms with Gasteiger partial charge in [0.2, 0.25) is 0 Å². The minimum absolute atomic E-state index is 0.107. The minimum Gasteiger partial charge on any atom is -0.377 e. The topological polar surface area (TPSA) is 47.3 Å². The van der Waals surface area contributed by atoms with Crippen LogP contribution in [0.15, 0.2) is 0 Å². The molecule has 0 saturated heterocycles. The van der Waals surface area contributed by atoms with E-state index in [4.69, 9.17) is 10.6 Å². The fourth-order valence-corrected chi connectivity index (χ4v) is 2.17. The minimum atomic E-state index is -0.107. The monoisotopic (exact) mass is 216 g/mol. The summed E-state index contributed by atoms with van der Waals surface area (Å²) in [4.78, 5) is 0. The summed E-state index contributed by atoms with van der Waals surface area (Å²) in [5.41, 5.74) is 2.82. The van der Waals surface area contributed by atoms with Crippen LogP contribution in [-0.2, 0) is 4.74 Å². The van der Waals surface area contributed by atoms with Crippen LogP contribution in [0.3, 0.4) is 0 Å². The van der Waals surface area contributed by atoms with Crippen molar-refractivity contribution in [2.75, 3.05) is 7.11 Å². The van der Waals surface area contributed by atoms with Crippen LogP contribution in [0.1, 0.15) is 53.4 Å². The lowest BCUT2D eigenvalue weighted by atomic mass is 9.84. The summed E-state index contributed by atoms with van der Waals surface area (Å²) in [6.07, 6.45) is 4.24. The SMILES string of the molecule is CCC(CC)(OC)C(CCC(C)C)NN. The Labute approximate surface area is 94.7 Å². The quantitative estimate of drug-likeness (QED) is 0.484. The van der Waals surface area contributed by atoms with Gasteiger partial charge in [0.25, 0.3) is 0 Å². The Morgan fingerprint density at radius 1 is 1.20 bits per heavy atom. The van der Waals surface area contributed by atoms with Crippen molar-refractivity contribution in [1.29, 1.82) is 0 Å². The molecular formula is C12H28N2O. The van der Waals surface area contributed by atoms with Gasteiger partial charge in [-0.2, -0.15) is 0 Å². The Morgan fingerprint density at radius 2 is 1.73 bits per heavy atom. The lowest BCUT2D eigenvalue weighted by molar-refractivity contribution is -0.0505. The van der Waals surface area contributed by atoms with Crippen LogP contribution >= 0.6 is 0 Å². The van der Waals surface area contributed by atoms with Crippen molar-refractivity contribution < 1.29 is 4.74 Å². The molecule has 0 bridgehead atoms. The van der Waals surface area contributed by atoms with Gasteiger partial charge in [0.15, 0.2) is 0 Å². The van der Waals surface area contributed by atoms with E-state index in [0.29, 0.717) is 5.92 Å². The molecule has 92 valence electrons. The molecule has 3 heteroatoms. The molecule has 0 aromatic heterocycles. The largest absolute Gasteiger partial charge is 0.377 e. The molecule has 0 amide bonds. The molecule has 0 radical (unpaired) electrons. The lowest BCUT2D eigenvalue weighted by Gasteiger charge is -2.38. The number of nitrogens with two attached hydrogens (primary N) is 1. The van der Waals surface area contributed by atoms with Crippen LogP contribution in [0, 0.1) is 5.92 Å². The molecule has 0 saturated carbocycles. The third-order valence-electron chi connectivity index (χ3n) is 3.47. The Bertz CT molecular complexity index is 147. The van der Waals surface area contributed by atoms with Crippen molar-refractivity contribution in [2.24, 2.45) is 11.8 Å². The first kappa shape index (κ1) is 14.9. The molecule has 0 fully saturated rings.